The SMILES string of the molecule is O=C(CC=Nc1ccc(OCCCF)cc1)c1ccccc1. The van der Waals surface area contributed by atoms with Crippen molar-refractivity contribution in [2.24, 2.45) is 4.99 Å². The predicted molar refractivity (Wildman–Crippen MR) is 86.1 cm³/mol. The molecule has 3 nitrogen and oxygen atoms in total. The summed E-state index contributed by atoms with van der Waals surface area (Å²) < 4.78 is 17.3. The Morgan fingerprint density at radius 1 is 1.09 bits per heavy atom. The van der Waals surface area contributed by atoms with Crippen LogP contribution in [0, 0.1) is 0 Å². The largest absolute Gasteiger partial charge is 0.493 e. The number of halogens is 1. The molecular formula is C18H18FNO2. The van der Waals surface area contributed by atoms with E-state index in [2.05, 4.69) is 4.99 Å². The molecule has 0 aliphatic rings. The van der Waals surface area contributed by atoms with Crippen LogP contribution in [0.3, 0.4) is 0 Å². The summed E-state index contributed by atoms with van der Waals surface area (Å²) in [5.41, 5.74) is 1.43. The van der Waals surface area contributed by atoms with E-state index in [0.717, 1.165) is 5.69 Å². The average molecular weight is 299 g/mol. The molecule has 0 fully saturated rings. The summed E-state index contributed by atoms with van der Waals surface area (Å²) >= 11 is 0. The van der Waals surface area contributed by atoms with E-state index in [4.69, 9.17) is 4.74 Å². The van der Waals surface area contributed by atoms with Crippen molar-refractivity contribution in [2.45, 2.75) is 12.8 Å². The number of ketones is 1. The molecule has 0 atom stereocenters. The lowest BCUT2D eigenvalue weighted by Gasteiger charge is -2.04. The zero-order valence-electron chi connectivity index (χ0n) is 12.2. The second-order valence-electron chi connectivity index (χ2n) is 4.69. The number of benzene rings is 2. The fourth-order valence-corrected chi connectivity index (χ4v) is 1.85. The third kappa shape index (κ3) is 5.13. The molecule has 0 saturated carbocycles. The van der Waals surface area contributed by atoms with Crippen LogP contribution >= 0.6 is 0 Å². The number of carbonyl (C=O) groups is 1. The fourth-order valence-electron chi connectivity index (χ4n) is 1.85. The van der Waals surface area contributed by atoms with Crippen LogP contribution in [0.5, 0.6) is 5.75 Å². The first-order valence-corrected chi connectivity index (χ1v) is 7.19. The Balaban J connectivity index is 1.84. The maximum Gasteiger partial charge on any atom is 0.168 e. The van der Waals surface area contributed by atoms with E-state index >= 15 is 0 Å². The lowest BCUT2D eigenvalue weighted by Crippen LogP contribution is -1.98. The number of Topliss-reactive ketones (excluding diaryl/α,β-unsaturated/α-hetero) is 1. The second kappa shape index (κ2) is 8.72. The van der Waals surface area contributed by atoms with Gasteiger partial charge >= 0.3 is 0 Å². The smallest absolute Gasteiger partial charge is 0.168 e. The van der Waals surface area contributed by atoms with Gasteiger partial charge in [-0.1, -0.05) is 30.3 Å². The highest BCUT2D eigenvalue weighted by Gasteiger charge is 2.02. The Morgan fingerprint density at radius 3 is 2.50 bits per heavy atom. The summed E-state index contributed by atoms with van der Waals surface area (Å²) in [6, 6.07) is 16.3. The maximum atomic E-state index is 12.0. The van der Waals surface area contributed by atoms with E-state index in [-0.39, 0.29) is 18.9 Å². The molecule has 2 aromatic carbocycles. The van der Waals surface area contributed by atoms with Crippen LogP contribution in [0.1, 0.15) is 23.2 Å². The van der Waals surface area contributed by atoms with Gasteiger partial charge in [-0.2, -0.15) is 0 Å². The van der Waals surface area contributed by atoms with Gasteiger partial charge in [0.1, 0.15) is 5.75 Å². The van der Waals surface area contributed by atoms with E-state index < -0.39 is 0 Å². The quantitative estimate of drug-likeness (QED) is 0.411. The third-order valence-electron chi connectivity index (χ3n) is 3.00. The van der Waals surface area contributed by atoms with Crippen molar-refractivity contribution in [1.82, 2.24) is 0 Å². The maximum absolute atomic E-state index is 12.0. The molecule has 114 valence electrons. The molecule has 0 bridgehead atoms. The first-order valence-electron chi connectivity index (χ1n) is 7.19. The summed E-state index contributed by atoms with van der Waals surface area (Å²) in [5, 5.41) is 0. The lowest BCUT2D eigenvalue weighted by molar-refractivity contribution is 0.100. The van der Waals surface area contributed by atoms with Crippen LogP contribution in [0.25, 0.3) is 0 Å². The van der Waals surface area contributed by atoms with Gasteiger partial charge in [-0.15, -0.1) is 0 Å². The van der Waals surface area contributed by atoms with Crippen LogP contribution in [-0.4, -0.2) is 25.3 Å². The molecule has 0 spiro atoms. The van der Waals surface area contributed by atoms with E-state index in [1.165, 1.54) is 0 Å². The van der Waals surface area contributed by atoms with E-state index in [0.29, 0.717) is 24.3 Å². The molecule has 4 heteroatoms. The Kier molecular flexibility index (Phi) is 6.30. The van der Waals surface area contributed by atoms with Gasteiger partial charge in [0.05, 0.1) is 19.0 Å². The van der Waals surface area contributed by atoms with Gasteiger partial charge in [0.2, 0.25) is 0 Å². The number of aliphatic imine (C=N–C) groups is 1. The van der Waals surface area contributed by atoms with Crippen LogP contribution in [0.15, 0.2) is 59.6 Å². The molecule has 0 radical (unpaired) electrons. The number of hydrogen-bond donors (Lipinski definition) is 0. The molecule has 22 heavy (non-hydrogen) atoms. The zero-order valence-corrected chi connectivity index (χ0v) is 12.2. The predicted octanol–water partition coefficient (Wildman–Crippen LogP) is 4.40. The van der Waals surface area contributed by atoms with Crippen molar-refractivity contribution >= 4 is 17.7 Å². The molecular weight excluding hydrogens is 281 g/mol. The zero-order chi connectivity index (χ0) is 15.6. The van der Waals surface area contributed by atoms with Gasteiger partial charge < -0.3 is 4.74 Å². The number of carbonyl (C=O) groups excluding carboxylic acids is 1. The van der Waals surface area contributed by atoms with Crippen molar-refractivity contribution in [3.05, 3.63) is 60.2 Å². The Morgan fingerprint density at radius 2 is 1.82 bits per heavy atom. The van der Waals surface area contributed by atoms with Crippen LogP contribution < -0.4 is 4.74 Å². The molecule has 0 heterocycles. The molecule has 0 aliphatic carbocycles. The molecule has 0 amide bonds. The third-order valence-corrected chi connectivity index (χ3v) is 3.00. The van der Waals surface area contributed by atoms with Crippen LogP contribution in [0.4, 0.5) is 10.1 Å². The molecule has 0 saturated heterocycles. The first-order chi connectivity index (χ1) is 10.8. The Bertz CT molecular complexity index is 609. The van der Waals surface area contributed by atoms with Crippen LogP contribution in [0.2, 0.25) is 0 Å². The van der Waals surface area contributed by atoms with Crippen molar-refractivity contribution in [2.75, 3.05) is 13.3 Å². The number of ether oxygens (including phenoxy) is 1. The highest BCUT2D eigenvalue weighted by molar-refractivity contribution is 6.03. The fraction of sp³-hybridized carbons (Fsp3) is 0.222. The number of nitrogens with zero attached hydrogens (tertiary/aromatic N) is 1. The molecule has 0 unspecified atom stereocenters. The Labute approximate surface area is 129 Å². The average Bonchev–Trinajstić information content (AvgIpc) is 2.57. The molecule has 0 aromatic heterocycles. The summed E-state index contributed by atoms with van der Waals surface area (Å²) in [4.78, 5) is 16.1. The highest BCUT2D eigenvalue weighted by Crippen LogP contribution is 2.18. The summed E-state index contributed by atoms with van der Waals surface area (Å²) in [6.07, 6.45) is 2.26. The van der Waals surface area contributed by atoms with Crippen molar-refractivity contribution in [1.29, 1.82) is 0 Å². The van der Waals surface area contributed by atoms with E-state index in [1.807, 2.05) is 18.2 Å². The summed E-state index contributed by atoms with van der Waals surface area (Å²) in [7, 11) is 0. The van der Waals surface area contributed by atoms with Crippen molar-refractivity contribution < 1.29 is 13.9 Å². The van der Waals surface area contributed by atoms with E-state index in [1.54, 1.807) is 42.6 Å². The minimum atomic E-state index is -0.377. The van der Waals surface area contributed by atoms with Crippen molar-refractivity contribution in [3.8, 4) is 5.75 Å². The molecule has 2 rings (SSSR count). The van der Waals surface area contributed by atoms with Gasteiger partial charge in [0, 0.05) is 24.6 Å². The number of hydrogen-bond acceptors (Lipinski definition) is 3. The summed E-state index contributed by atoms with van der Waals surface area (Å²) in [6.45, 7) is -0.0114. The molecule has 2 aromatic rings. The second-order valence-corrected chi connectivity index (χ2v) is 4.69. The van der Waals surface area contributed by atoms with Gasteiger partial charge in [-0.05, 0) is 24.3 Å². The standard InChI is InChI=1S/C18H18FNO2/c19-12-4-14-22-17-9-7-16(8-10-17)20-13-11-18(21)15-5-2-1-3-6-15/h1-3,5-10,13H,4,11-12,14H2. The molecule has 0 aliphatic heterocycles. The van der Waals surface area contributed by atoms with Gasteiger partial charge in [-0.3, -0.25) is 14.2 Å². The number of rotatable bonds is 8. The summed E-state index contributed by atoms with van der Waals surface area (Å²) in [5.74, 6) is 0.725. The van der Waals surface area contributed by atoms with Gasteiger partial charge in [-0.25, -0.2) is 0 Å². The first kappa shape index (κ1) is 15.9. The normalized spacial score (nSPS) is 10.8. The minimum absolute atomic E-state index is 0.0375. The van der Waals surface area contributed by atoms with Crippen molar-refractivity contribution in [3.63, 3.8) is 0 Å². The van der Waals surface area contributed by atoms with Gasteiger partial charge in [0.25, 0.3) is 0 Å². The monoisotopic (exact) mass is 299 g/mol. The van der Waals surface area contributed by atoms with Gasteiger partial charge in [0.15, 0.2) is 5.78 Å². The Hall–Kier alpha value is -2.49. The van der Waals surface area contributed by atoms with Crippen LogP contribution in [-0.2, 0) is 0 Å². The highest BCUT2D eigenvalue weighted by atomic mass is 19.1. The number of alkyl halides is 1. The molecule has 0 N–H and O–H groups in total. The topological polar surface area (TPSA) is 38.7 Å². The lowest BCUT2D eigenvalue weighted by atomic mass is 10.1. The van der Waals surface area contributed by atoms with E-state index in [9.17, 15) is 9.18 Å². The minimum Gasteiger partial charge on any atom is -0.493 e.